The summed E-state index contributed by atoms with van der Waals surface area (Å²) < 4.78 is 10.1. The number of nitrogens with zero attached hydrogens (tertiary/aromatic N) is 1. The normalized spacial score (nSPS) is 12.2. The van der Waals surface area contributed by atoms with Crippen LogP contribution in [-0.2, 0) is 0 Å². The molecule has 1 aliphatic heterocycles. The summed E-state index contributed by atoms with van der Waals surface area (Å²) in [6, 6.07) is 7.94. The van der Waals surface area contributed by atoms with E-state index in [1.54, 1.807) is 12.1 Å². The molecule has 0 saturated heterocycles. The molecule has 57 valence electrons. The zero-order chi connectivity index (χ0) is 8.39. The summed E-state index contributed by atoms with van der Waals surface area (Å²) in [7, 11) is 0. The van der Waals surface area contributed by atoms with E-state index in [1.165, 1.54) is 12.5 Å². The van der Waals surface area contributed by atoms with Gasteiger partial charge in [0.1, 0.15) is 12.5 Å². The Labute approximate surface area is 69.5 Å². The standard InChI is InChI=1S/C9H4NO2/c10-6-7-1-2-8-9(5-7)12-4-3-11-8/h1,3-5H. The van der Waals surface area contributed by atoms with Crippen molar-refractivity contribution in [2.45, 2.75) is 0 Å². The van der Waals surface area contributed by atoms with E-state index in [1.807, 2.05) is 6.07 Å². The van der Waals surface area contributed by atoms with Crippen LogP contribution in [0.3, 0.4) is 0 Å². The minimum Gasteiger partial charge on any atom is -0.458 e. The molecule has 0 bridgehead atoms. The molecule has 1 heterocycles. The molecule has 1 radical (unpaired) electrons. The van der Waals surface area contributed by atoms with Crippen LogP contribution in [0.15, 0.2) is 24.7 Å². The van der Waals surface area contributed by atoms with E-state index in [0.29, 0.717) is 17.1 Å². The molecule has 1 aliphatic rings. The molecular formula is C9H4NO2. The molecule has 0 amide bonds. The van der Waals surface area contributed by atoms with E-state index in [4.69, 9.17) is 14.7 Å². The molecule has 0 spiro atoms. The topological polar surface area (TPSA) is 42.2 Å². The first-order valence-corrected chi connectivity index (χ1v) is 3.34. The smallest absolute Gasteiger partial charge is 0.177 e. The second-order valence-corrected chi connectivity index (χ2v) is 2.20. The Bertz CT molecular complexity index is 377. The van der Waals surface area contributed by atoms with E-state index in [2.05, 4.69) is 6.07 Å². The van der Waals surface area contributed by atoms with Crippen molar-refractivity contribution < 1.29 is 9.47 Å². The summed E-state index contributed by atoms with van der Waals surface area (Å²) in [5.74, 6) is 1.04. The second kappa shape index (κ2) is 2.59. The van der Waals surface area contributed by atoms with Gasteiger partial charge in [0.25, 0.3) is 0 Å². The van der Waals surface area contributed by atoms with Gasteiger partial charge in [-0.3, -0.25) is 0 Å². The highest BCUT2D eigenvalue weighted by molar-refractivity contribution is 5.47. The number of hydrogen-bond acceptors (Lipinski definition) is 3. The zero-order valence-electron chi connectivity index (χ0n) is 6.07. The molecule has 0 aliphatic carbocycles. The van der Waals surface area contributed by atoms with Crippen molar-refractivity contribution in [3.63, 3.8) is 0 Å². The van der Waals surface area contributed by atoms with E-state index >= 15 is 0 Å². The first-order chi connectivity index (χ1) is 5.90. The molecule has 1 aromatic carbocycles. The summed E-state index contributed by atoms with van der Waals surface area (Å²) >= 11 is 0. The third-order valence-electron chi connectivity index (χ3n) is 1.43. The number of benzene rings is 1. The fourth-order valence-corrected chi connectivity index (χ4v) is 0.904. The van der Waals surface area contributed by atoms with Crippen molar-refractivity contribution in [3.8, 4) is 17.6 Å². The number of fused-ring (bicyclic) bond motifs is 1. The quantitative estimate of drug-likeness (QED) is 0.575. The summed E-state index contributed by atoms with van der Waals surface area (Å²) in [6.45, 7) is 0. The molecule has 0 fully saturated rings. The molecule has 3 heteroatoms. The van der Waals surface area contributed by atoms with Crippen LogP contribution in [0.4, 0.5) is 0 Å². The number of nitriles is 1. The number of ether oxygens (including phenoxy) is 2. The van der Waals surface area contributed by atoms with Gasteiger partial charge in [-0.2, -0.15) is 5.26 Å². The van der Waals surface area contributed by atoms with Crippen LogP contribution in [0, 0.1) is 17.4 Å². The third-order valence-corrected chi connectivity index (χ3v) is 1.43. The van der Waals surface area contributed by atoms with Crippen molar-refractivity contribution in [2.24, 2.45) is 0 Å². The van der Waals surface area contributed by atoms with Gasteiger partial charge >= 0.3 is 0 Å². The maximum absolute atomic E-state index is 8.55. The van der Waals surface area contributed by atoms with Crippen LogP contribution >= 0.6 is 0 Å². The first kappa shape index (κ1) is 6.74. The van der Waals surface area contributed by atoms with E-state index in [0.717, 1.165) is 0 Å². The summed E-state index contributed by atoms with van der Waals surface area (Å²) in [6.07, 6.45) is 2.84. The Morgan fingerprint density at radius 3 is 3.00 bits per heavy atom. The highest BCUT2D eigenvalue weighted by Crippen LogP contribution is 2.30. The Hall–Kier alpha value is -1.95. The second-order valence-electron chi connectivity index (χ2n) is 2.20. The van der Waals surface area contributed by atoms with E-state index < -0.39 is 0 Å². The van der Waals surface area contributed by atoms with Crippen molar-refractivity contribution in [1.29, 1.82) is 5.26 Å². The van der Waals surface area contributed by atoms with Gasteiger partial charge in [-0.05, 0) is 6.07 Å². The largest absolute Gasteiger partial charge is 0.458 e. The van der Waals surface area contributed by atoms with Crippen molar-refractivity contribution in [3.05, 3.63) is 36.3 Å². The predicted molar refractivity (Wildman–Crippen MR) is 40.4 cm³/mol. The average molecular weight is 158 g/mol. The van der Waals surface area contributed by atoms with Gasteiger partial charge in [-0.25, -0.2) is 0 Å². The molecular weight excluding hydrogens is 154 g/mol. The third kappa shape index (κ3) is 0.995. The van der Waals surface area contributed by atoms with Gasteiger partial charge < -0.3 is 9.47 Å². The van der Waals surface area contributed by atoms with Gasteiger partial charge in [0, 0.05) is 12.1 Å². The Kier molecular flexibility index (Phi) is 1.45. The number of hydrogen-bond donors (Lipinski definition) is 0. The minimum absolute atomic E-state index is 0.507. The van der Waals surface area contributed by atoms with E-state index in [9.17, 15) is 0 Å². The van der Waals surface area contributed by atoms with Gasteiger partial charge in [-0.15, -0.1) is 0 Å². The van der Waals surface area contributed by atoms with Crippen LogP contribution in [0.5, 0.6) is 11.5 Å². The molecule has 0 N–H and O–H groups in total. The van der Waals surface area contributed by atoms with E-state index in [-0.39, 0.29) is 0 Å². The molecule has 0 unspecified atom stereocenters. The molecule has 0 aromatic heterocycles. The number of rotatable bonds is 0. The highest BCUT2D eigenvalue weighted by Gasteiger charge is 2.08. The lowest BCUT2D eigenvalue weighted by Crippen LogP contribution is -1.96. The lowest BCUT2D eigenvalue weighted by atomic mass is 10.2. The van der Waals surface area contributed by atoms with Gasteiger partial charge in [0.2, 0.25) is 0 Å². The molecule has 2 rings (SSSR count). The fraction of sp³-hybridized carbons (Fsp3) is 0. The van der Waals surface area contributed by atoms with Crippen LogP contribution in [-0.4, -0.2) is 0 Å². The summed E-state index contributed by atoms with van der Waals surface area (Å²) in [5, 5.41) is 8.55. The predicted octanol–water partition coefficient (Wildman–Crippen LogP) is 1.60. The fourth-order valence-electron chi connectivity index (χ4n) is 0.904. The van der Waals surface area contributed by atoms with Gasteiger partial charge in [0.15, 0.2) is 11.5 Å². The lowest BCUT2D eigenvalue weighted by Gasteiger charge is -2.10. The monoisotopic (exact) mass is 158 g/mol. The zero-order valence-corrected chi connectivity index (χ0v) is 6.07. The molecule has 12 heavy (non-hydrogen) atoms. The molecule has 0 saturated carbocycles. The summed E-state index contributed by atoms with van der Waals surface area (Å²) in [5.41, 5.74) is 0.507. The van der Waals surface area contributed by atoms with Crippen molar-refractivity contribution >= 4 is 0 Å². The molecule has 0 atom stereocenters. The van der Waals surface area contributed by atoms with Crippen LogP contribution in [0.25, 0.3) is 0 Å². The minimum atomic E-state index is 0.507. The maximum atomic E-state index is 8.55. The van der Waals surface area contributed by atoms with Gasteiger partial charge in [-0.1, -0.05) is 0 Å². The Morgan fingerprint density at radius 2 is 2.17 bits per heavy atom. The molecule has 1 aromatic rings. The lowest BCUT2D eigenvalue weighted by molar-refractivity contribution is 0.361. The van der Waals surface area contributed by atoms with Gasteiger partial charge in [0.05, 0.1) is 11.6 Å². The Morgan fingerprint density at radius 1 is 1.33 bits per heavy atom. The highest BCUT2D eigenvalue weighted by atomic mass is 16.5. The average Bonchev–Trinajstić information content (AvgIpc) is 2.17. The van der Waals surface area contributed by atoms with Crippen molar-refractivity contribution in [2.75, 3.05) is 0 Å². The summed E-state index contributed by atoms with van der Waals surface area (Å²) in [4.78, 5) is 0. The Balaban J connectivity index is 2.48. The van der Waals surface area contributed by atoms with Crippen LogP contribution in [0.2, 0.25) is 0 Å². The maximum Gasteiger partial charge on any atom is 0.177 e. The molecule has 3 nitrogen and oxygen atoms in total. The van der Waals surface area contributed by atoms with Crippen molar-refractivity contribution in [1.82, 2.24) is 0 Å². The van der Waals surface area contributed by atoms with Crippen LogP contribution in [0.1, 0.15) is 5.56 Å². The SMILES string of the molecule is N#Cc1c[c]c2c(c1)OC=CO2. The first-order valence-electron chi connectivity index (χ1n) is 3.34. The van der Waals surface area contributed by atoms with Crippen LogP contribution < -0.4 is 9.47 Å².